The van der Waals surface area contributed by atoms with E-state index in [0.29, 0.717) is 5.92 Å². The van der Waals surface area contributed by atoms with Gasteiger partial charge in [0.15, 0.2) is 0 Å². The Morgan fingerprint density at radius 3 is 2.90 bits per heavy atom. The van der Waals surface area contributed by atoms with Gasteiger partial charge in [-0.15, -0.1) is 0 Å². The summed E-state index contributed by atoms with van der Waals surface area (Å²) in [5.41, 5.74) is 1.46. The molecule has 1 aromatic heterocycles. The third kappa shape index (κ3) is 4.76. The summed E-state index contributed by atoms with van der Waals surface area (Å²) in [6.45, 7) is 2.56. The van der Waals surface area contributed by atoms with E-state index in [1.807, 2.05) is 6.07 Å². The van der Waals surface area contributed by atoms with E-state index in [9.17, 15) is 0 Å². The fourth-order valence-corrected chi connectivity index (χ4v) is 3.09. The molecule has 1 aliphatic carbocycles. The molecule has 0 unspecified atom stereocenters. The van der Waals surface area contributed by atoms with Gasteiger partial charge in [-0.05, 0) is 52.4 Å². The highest BCUT2D eigenvalue weighted by Gasteiger charge is 2.18. The Balaban J connectivity index is 2.02. The molecule has 0 aromatic carbocycles. The van der Waals surface area contributed by atoms with Crippen molar-refractivity contribution in [3.63, 3.8) is 0 Å². The number of hydrogen-bond donors (Lipinski definition) is 1. The average Bonchev–Trinajstić information content (AvgIpc) is 2.88. The van der Waals surface area contributed by atoms with Crippen LogP contribution in [0.2, 0.25) is 0 Å². The van der Waals surface area contributed by atoms with Crippen LogP contribution in [0, 0.1) is 5.92 Å². The maximum atomic E-state index is 5.54. The summed E-state index contributed by atoms with van der Waals surface area (Å²) in [7, 11) is 1.74. The summed E-state index contributed by atoms with van der Waals surface area (Å²) in [5.74, 6) is 1.62. The quantitative estimate of drug-likeness (QED) is 0.753. The lowest BCUT2D eigenvalue weighted by atomic mass is 9.83. The first-order valence-corrected chi connectivity index (χ1v) is 8.23. The zero-order valence-electron chi connectivity index (χ0n) is 12.2. The molecule has 1 saturated carbocycles. The van der Waals surface area contributed by atoms with Gasteiger partial charge in [0.2, 0.25) is 0 Å². The van der Waals surface area contributed by atoms with Crippen molar-refractivity contribution >= 4 is 22.0 Å². The van der Waals surface area contributed by atoms with Gasteiger partial charge in [-0.2, -0.15) is 0 Å². The molecule has 20 heavy (non-hydrogen) atoms. The largest absolute Gasteiger partial charge is 0.464 e. The monoisotopic (exact) mass is 341 g/mol. The summed E-state index contributed by atoms with van der Waals surface area (Å²) in [6.07, 6.45) is 10.6. The van der Waals surface area contributed by atoms with E-state index >= 15 is 0 Å². The number of nitrogens with one attached hydrogen (secondary N) is 1. The second-order valence-electron chi connectivity index (χ2n) is 5.36. The van der Waals surface area contributed by atoms with Crippen molar-refractivity contribution in [2.75, 3.05) is 26.8 Å². The molecular formula is C16H24BrNO2. The number of methoxy groups -OCH3 is 1. The van der Waals surface area contributed by atoms with Crippen molar-refractivity contribution in [1.82, 2.24) is 5.32 Å². The molecule has 1 N–H and O–H groups in total. The van der Waals surface area contributed by atoms with Crippen LogP contribution in [-0.2, 0) is 4.74 Å². The highest BCUT2D eigenvalue weighted by molar-refractivity contribution is 9.10. The third-order valence-electron chi connectivity index (χ3n) is 3.90. The smallest absolute Gasteiger partial charge is 0.140 e. The lowest BCUT2D eigenvalue weighted by Crippen LogP contribution is -2.25. The molecule has 1 fully saturated rings. The lowest BCUT2D eigenvalue weighted by molar-refractivity contribution is 0.200. The summed E-state index contributed by atoms with van der Waals surface area (Å²) in [6, 6.07) is 1.95. The van der Waals surface area contributed by atoms with Crippen molar-refractivity contribution in [3.8, 4) is 0 Å². The number of rotatable bonds is 7. The molecule has 0 aliphatic heterocycles. The van der Waals surface area contributed by atoms with Crippen LogP contribution in [0.3, 0.4) is 0 Å². The van der Waals surface area contributed by atoms with E-state index in [1.54, 1.807) is 13.4 Å². The molecule has 0 amide bonds. The molecule has 112 valence electrons. The summed E-state index contributed by atoms with van der Waals surface area (Å²) < 4.78 is 11.7. The second kappa shape index (κ2) is 8.65. The van der Waals surface area contributed by atoms with Gasteiger partial charge in [0.25, 0.3) is 0 Å². The highest BCUT2D eigenvalue weighted by atomic mass is 79.9. The molecule has 3 nitrogen and oxygen atoms in total. The van der Waals surface area contributed by atoms with Gasteiger partial charge < -0.3 is 14.5 Å². The Hall–Kier alpha value is -0.580. The Morgan fingerprint density at radius 1 is 1.45 bits per heavy atom. The van der Waals surface area contributed by atoms with Crippen molar-refractivity contribution in [2.24, 2.45) is 5.92 Å². The zero-order chi connectivity index (χ0) is 14.2. The predicted octanol–water partition coefficient (Wildman–Crippen LogP) is 4.24. The van der Waals surface area contributed by atoms with E-state index in [1.165, 1.54) is 37.7 Å². The van der Waals surface area contributed by atoms with Gasteiger partial charge in [0.1, 0.15) is 5.76 Å². The standard InChI is InChI=1S/C16H24BrNO2/c1-19-10-8-18-12-14(13-5-3-2-4-6-13)11-16-15(17)7-9-20-16/h7,9,11,13,18H,2-6,8,10,12H2,1H3/b14-11-. The Morgan fingerprint density at radius 2 is 2.25 bits per heavy atom. The van der Waals surface area contributed by atoms with Crippen LogP contribution in [0.4, 0.5) is 0 Å². The molecule has 0 radical (unpaired) electrons. The summed E-state index contributed by atoms with van der Waals surface area (Å²) in [4.78, 5) is 0. The van der Waals surface area contributed by atoms with E-state index in [0.717, 1.165) is 29.9 Å². The first-order chi connectivity index (χ1) is 9.81. The van der Waals surface area contributed by atoms with Crippen LogP contribution < -0.4 is 5.32 Å². The van der Waals surface area contributed by atoms with Crippen molar-refractivity contribution in [3.05, 3.63) is 28.1 Å². The molecule has 1 aliphatic rings. The third-order valence-corrected chi connectivity index (χ3v) is 4.56. The van der Waals surface area contributed by atoms with Gasteiger partial charge in [-0.25, -0.2) is 0 Å². The first kappa shape index (κ1) is 15.8. The summed E-state index contributed by atoms with van der Waals surface area (Å²) in [5, 5.41) is 3.47. The molecule has 1 heterocycles. The lowest BCUT2D eigenvalue weighted by Gasteiger charge is -2.25. The second-order valence-corrected chi connectivity index (χ2v) is 6.21. The molecule has 0 bridgehead atoms. The minimum Gasteiger partial charge on any atom is -0.464 e. The van der Waals surface area contributed by atoms with Crippen LogP contribution in [0.25, 0.3) is 6.08 Å². The van der Waals surface area contributed by atoms with E-state index in [4.69, 9.17) is 9.15 Å². The van der Waals surface area contributed by atoms with Gasteiger partial charge >= 0.3 is 0 Å². The minimum atomic E-state index is 0.691. The predicted molar refractivity (Wildman–Crippen MR) is 85.7 cm³/mol. The van der Waals surface area contributed by atoms with E-state index in [2.05, 4.69) is 27.3 Å². The molecule has 2 rings (SSSR count). The maximum absolute atomic E-state index is 5.54. The van der Waals surface area contributed by atoms with Crippen LogP contribution >= 0.6 is 15.9 Å². The highest BCUT2D eigenvalue weighted by Crippen LogP contribution is 2.31. The minimum absolute atomic E-state index is 0.691. The molecule has 0 atom stereocenters. The number of ether oxygens (including phenoxy) is 1. The van der Waals surface area contributed by atoms with Crippen LogP contribution in [0.1, 0.15) is 37.9 Å². The fraction of sp³-hybridized carbons (Fsp3) is 0.625. The van der Waals surface area contributed by atoms with Gasteiger partial charge in [0.05, 0.1) is 17.3 Å². The van der Waals surface area contributed by atoms with Crippen molar-refractivity contribution in [1.29, 1.82) is 0 Å². The fourth-order valence-electron chi connectivity index (χ4n) is 2.77. The number of halogens is 1. The maximum Gasteiger partial charge on any atom is 0.140 e. The molecule has 0 spiro atoms. The van der Waals surface area contributed by atoms with Gasteiger partial charge in [0, 0.05) is 20.2 Å². The number of furan rings is 1. The average molecular weight is 342 g/mol. The Bertz CT molecular complexity index is 422. The SMILES string of the molecule is COCCNC/C(=C/c1occc1Br)C1CCCCC1. The molecule has 4 heteroatoms. The van der Waals surface area contributed by atoms with E-state index < -0.39 is 0 Å². The zero-order valence-corrected chi connectivity index (χ0v) is 13.7. The molecule has 0 saturated heterocycles. The van der Waals surface area contributed by atoms with Crippen molar-refractivity contribution in [2.45, 2.75) is 32.1 Å². The van der Waals surface area contributed by atoms with Crippen LogP contribution in [0.15, 0.2) is 26.8 Å². The number of hydrogen-bond acceptors (Lipinski definition) is 3. The van der Waals surface area contributed by atoms with Gasteiger partial charge in [-0.3, -0.25) is 0 Å². The molecule has 1 aromatic rings. The summed E-state index contributed by atoms with van der Waals surface area (Å²) >= 11 is 3.53. The topological polar surface area (TPSA) is 34.4 Å². The Labute approximate surface area is 129 Å². The van der Waals surface area contributed by atoms with Crippen LogP contribution in [0.5, 0.6) is 0 Å². The normalized spacial score (nSPS) is 17.6. The molecular weight excluding hydrogens is 318 g/mol. The first-order valence-electron chi connectivity index (χ1n) is 7.44. The van der Waals surface area contributed by atoms with Gasteiger partial charge in [-0.1, -0.05) is 19.3 Å². The van der Waals surface area contributed by atoms with Crippen molar-refractivity contribution < 1.29 is 9.15 Å². The van der Waals surface area contributed by atoms with E-state index in [-0.39, 0.29) is 0 Å². The Kier molecular flexibility index (Phi) is 6.83. The van der Waals surface area contributed by atoms with Crippen LogP contribution in [-0.4, -0.2) is 26.8 Å².